The highest BCUT2D eigenvalue weighted by atomic mass is 15.2. The molecule has 0 aliphatic rings. The van der Waals surface area contributed by atoms with Crippen molar-refractivity contribution in [2.24, 2.45) is 27.4 Å². The van der Waals surface area contributed by atoms with Crippen molar-refractivity contribution in [1.29, 1.82) is 0 Å². The van der Waals surface area contributed by atoms with Crippen LogP contribution in [-0.2, 0) is 0 Å². The zero-order valence-electron chi connectivity index (χ0n) is 9.65. The van der Waals surface area contributed by atoms with Crippen LogP contribution in [0.3, 0.4) is 0 Å². The first-order valence-corrected chi connectivity index (χ1v) is 4.65. The highest BCUT2D eigenvalue weighted by Gasteiger charge is 2.11. The average Bonchev–Trinajstić information content (AvgIpc) is 2.01. The molecule has 82 valence electrons. The van der Waals surface area contributed by atoms with E-state index in [2.05, 4.69) is 9.98 Å². The van der Waals surface area contributed by atoms with Crippen LogP contribution in [0.4, 0.5) is 0 Å². The van der Waals surface area contributed by atoms with Gasteiger partial charge in [0, 0.05) is 14.1 Å². The molecule has 0 aliphatic carbocycles. The second kappa shape index (κ2) is 5.47. The number of nitrogens with zero attached hydrogens (tertiary/aromatic N) is 3. The highest BCUT2D eigenvalue weighted by molar-refractivity contribution is 5.80. The predicted molar refractivity (Wildman–Crippen MR) is 61.2 cm³/mol. The number of hydrogen-bond acceptors (Lipinski definition) is 2. The van der Waals surface area contributed by atoms with E-state index in [1.807, 2.05) is 39.8 Å². The van der Waals surface area contributed by atoms with Crippen molar-refractivity contribution < 1.29 is 0 Å². The smallest absolute Gasteiger partial charge is 0.188 e. The molecule has 0 aliphatic heterocycles. The zero-order valence-corrected chi connectivity index (χ0v) is 9.65. The van der Waals surface area contributed by atoms with Crippen LogP contribution >= 0.6 is 0 Å². The Bertz CT molecular complexity index is 225. The Morgan fingerprint density at radius 3 is 1.93 bits per heavy atom. The summed E-state index contributed by atoms with van der Waals surface area (Å²) in [4.78, 5) is 10.4. The van der Waals surface area contributed by atoms with Gasteiger partial charge in [-0.3, -0.25) is 0 Å². The highest BCUT2D eigenvalue weighted by Crippen LogP contribution is 2.08. The van der Waals surface area contributed by atoms with Crippen molar-refractivity contribution in [1.82, 2.24) is 4.90 Å². The third-order valence-electron chi connectivity index (χ3n) is 1.84. The van der Waals surface area contributed by atoms with Crippen molar-refractivity contribution in [2.45, 2.75) is 26.9 Å². The monoisotopic (exact) mass is 199 g/mol. The van der Waals surface area contributed by atoms with Crippen molar-refractivity contribution in [2.75, 3.05) is 14.1 Å². The van der Waals surface area contributed by atoms with Crippen LogP contribution in [0, 0.1) is 5.92 Å². The van der Waals surface area contributed by atoms with Crippen LogP contribution in [0.15, 0.2) is 9.98 Å². The number of aliphatic imine (C=N–C) groups is 2. The lowest BCUT2D eigenvalue weighted by Crippen LogP contribution is -2.28. The maximum Gasteiger partial charge on any atom is 0.188 e. The maximum absolute atomic E-state index is 5.33. The van der Waals surface area contributed by atoms with Crippen LogP contribution < -0.4 is 11.5 Å². The summed E-state index contributed by atoms with van der Waals surface area (Å²) >= 11 is 0. The molecule has 1 atom stereocenters. The summed E-state index contributed by atoms with van der Waals surface area (Å²) in [5.74, 6) is 1.28. The van der Waals surface area contributed by atoms with E-state index in [0.29, 0.717) is 0 Å². The molecule has 0 bridgehead atoms. The van der Waals surface area contributed by atoms with E-state index >= 15 is 0 Å². The molecule has 4 N–H and O–H groups in total. The molecule has 1 unspecified atom stereocenters. The summed E-state index contributed by atoms with van der Waals surface area (Å²) in [7, 11) is 3.87. The minimum atomic E-state index is -0.192. The third kappa shape index (κ3) is 4.69. The Kier molecular flexibility index (Phi) is 4.97. The summed E-state index contributed by atoms with van der Waals surface area (Å²) in [5, 5.41) is 0. The van der Waals surface area contributed by atoms with E-state index in [1.54, 1.807) is 0 Å². The number of amidine groups is 1. The molecule has 0 aromatic heterocycles. The van der Waals surface area contributed by atoms with Crippen LogP contribution in [0.25, 0.3) is 0 Å². The summed E-state index contributed by atoms with van der Waals surface area (Å²) in [5.41, 5.74) is 10.7. The largest absolute Gasteiger partial charge is 0.370 e. The average molecular weight is 199 g/mol. The summed E-state index contributed by atoms with van der Waals surface area (Å²) in [6.45, 7) is 5.99. The molecule has 0 amide bonds. The van der Waals surface area contributed by atoms with E-state index in [0.717, 1.165) is 5.84 Å². The molecule has 0 saturated heterocycles. The Morgan fingerprint density at radius 2 is 1.64 bits per heavy atom. The van der Waals surface area contributed by atoms with Gasteiger partial charge >= 0.3 is 0 Å². The van der Waals surface area contributed by atoms with Crippen LogP contribution in [0.5, 0.6) is 0 Å². The minimum absolute atomic E-state index is 0.0824. The summed E-state index contributed by atoms with van der Waals surface area (Å²) < 4.78 is 0. The number of rotatable bonds is 3. The molecule has 0 saturated carbocycles. The van der Waals surface area contributed by atoms with Gasteiger partial charge < -0.3 is 16.4 Å². The van der Waals surface area contributed by atoms with E-state index in [9.17, 15) is 0 Å². The first-order chi connectivity index (χ1) is 6.34. The third-order valence-corrected chi connectivity index (χ3v) is 1.84. The molecule has 14 heavy (non-hydrogen) atoms. The lowest BCUT2D eigenvalue weighted by atomic mass is 10.2. The van der Waals surface area contributed by atoms with Crippen LogP contribution in [-0.4, -0.2) is 37.0 Å². The molecular formula is C9H21N5. The Balaban J connectivity index is 4.69. The van der Waals surface area contributed by atoms with Crippen LogP contribution in [0.2, 0.25) is 0 Å². The van der Waals surface area contributed by atoms with Gasteiger partial charge in [-0.2, -0.15) is 0 Å². The first kappa shape index (κ1) is 12.7. The summed E-state index contributed by atoms with van der Waals surface area (Å²) in [6.07, 6.45) is -0.192. The standard InChI is InChI=1S/C9H21N5/c1-6(2)8(13-9(10)11)12-7(3)14(4)5/h6,8H,1-5H3,(H4,10,11,13)/b12-7+. The van der Waals surface area contributed by atoms with E-state index in [-0.39, 0.29) is 18.0 Å². The molecule has 0 aromatic carbocycles. The van der Waals surface area contributed by atoms with Gasteiger partial charge in [0.05, 0.1) is 5.84 Å². The second-order valence-electron chi connectivity index (χ2n) is 3.78. The molecule has 0 spiro atoms. The Hall–Kier alpha value is -1.26. The SMILES string of the molecule is C/C(=N\C(N=C(N)N)C(C)C)N(C)C. The minimum Gasteiger partial charge on any atom is -0.370 e. The fourth-order valence-corrected chi connectivity index (χ4v) is 0.787. The van der Waals surface area contributed by atoms with Gasteiger partial charge in [-0.15, -0.1) is 0 Å². The number of nitrogens with two attached hydrogens (primary N) is 2. The van der Waals surface area contributed by atoms with Gasteiger partial charge in [-0.25, -0.2) is 9.98 Å². The quantitative estimate of drug-likeness (QED) is 0.504. The molecule has 0 heterocycles. The fourth-order valence-electron chi connectivity index (χ4n) is 0.787. The van der Waals surface area contributed by atoms with E-state index in [4.69, 9.17) is 11.5 Å². The second-order valence-corrected chi connectivity index (χ2v) is 3.78. The number of hydrogen-bond donors (Lipinski definition) is 2. The Labute approximate surface area is 85.9 Å². The molecule has 0 radical (unpaired) electrons. The zero-order chi connectivity index (χ0) is 11.3. The van der Waals surface area contributed by atoms with Crippen molar-refractivity contribution in [3.05, 3.63) is 0 Å². The molecule has 0 aromatic rings. The molecule has 0 fully saturated rings. The van der Waals surface area contributed by atoms with Gasteiger partial charge in [-0.05, 0) is 12.8 Å². The normalized spacial score (nSPS) is 14.0. The van der Waals surface area contributed by atoms with Gasteiger partial charge in [0.25, 0.3) is 0 Å². The van der Waals surface area contributed by atoms with Gasteiger partial charge in [-0.1, -0.05) is 13.8 Å². The van der Waals surface area contributed by atoms with Gasteiger partial charge in [0.15, 0.2) is 5.96 Å². The first-order valence-electron chi connectivity index (χ1n) is 4.65. The van der Waals surface area contributed by atoms with E-state index < -0.39 is 0 Å². The van der Waals surface area contributed by atoms with Gasteiger partial charge in [0.1, 0.15) is 6.17 Å². The predicted octanol–water partition coefficient (Wildman–Crippen LogP) is 0.222. The van der Waals surface area contributed by atoms with Crippen LogP contribution in [0.1, 0.15) is 20.8 Å². The lowest BCUT2D eigenvalue weighted by Gasteiger charge is -2.17. The lowest BCUT2D eigenvalue weighted by molar-refractivity contribution is 0.499. The van der Waals surface area contributed by atoms with Crippen molar-refractivity contribution in [3.63, 3.8) is 0 Å². The van der Waals surface area contributed by atoms with Gasteiger partial charge in [0.2, 0.25) is 0 Å². The van der Waals surface area contributed by atoms with Crippen molar-refractivity contribution in [3.8, 4) is 0 Å². The molecule has 0 rings (SSSR count). The molecule has 5 nitrogen and oxygen atoms in total. The Morgan fingerprint density at radius 1 is 1.14 bits per heavy atom. The maximum atomic E-state index is 5.33. The number of guanidine groups is 1. The van der Waals surface area contributed by atoms with E-state index in [1.165, 1.54) is 0 Å². The molecule has 5 heteroatoms. The fraction of sp³-hybridized carbons (Fsp3) is 0.778. The van der Waals surface area contributed by atoms with Crippen molar-refractivity contribution >= 4 is 11.8 Å². The molecular weight excluding hydrogens is 178 g/mol. The topological polar surface area (TPSA) is 80.0 Å². The summed E-state index contributed by atoms with van der Waals surface area (Å²) in [6, 6.07) is 0.